The average molecular weight is 602 g/mol. The van der Waals surface area contributed by atoms with Crippen LogP contribution in [0.2, 0.25) is 0 Å². The number of halogens is 3. The molecule has 0 aliphatic carbocycles. The number of furan rings is 1. The molecule has 2 N–H and O–H groups in total. The summed E-state index contributed by atoms with van der Waals surface area (Å²) >= 11 is 1.74. The SMILES string of the molecule is O=C(Cn1c2c(sc1=O)[C@H](c1ccco1)C1C(=O)N(c3cccc(C(F)(F)F)c3)C(=O)C1S2)Nc1ccc(O)cc1. The zero-order valence-corrected chi connectivity index (χ0v) is 22.3. The summed E-state index contributed by atoms with van der Waals surface area (Å²) < 4.78 is 47.0. The smallest absolute Gasteiger partial charge is 0.416 e. The van der Waals surface area contributed by atoms with Gasteiger partial charge in [0.15, 0.2) is 0 Å². The number of carbonyl (C=O) groups excluding carboxylic acids is 3. The first-order chi connectivity index (χ1) is 19.5. The van der Waals surface area contributed by atoms with E-state index in [2.05, 4.69) is 5.32 Å². The van der Waals surface area contributed by atoms with E-state index in [9.17, 15) is 37.5 Å². The Labute approximate surface area is 237 Å². The highest BCUT2D eigenvalue weighted by atomic mass is 32.2. The number of phenols is 1. The Morgan fingerprint density at radius 2 is 1.78 bits per heavy atom. The van der Waals surface area contributed by atoms with Crippen molar-refractivity contribution in [2.45, 2.75) is 28.9 Å². The number of fused-ring (bicyclic) bond motifs is 2. The van der Waals surface area contributed by atoms with Gasteiger partial charge in [-0.15, -0.1) is 0 Å². The first-order valence-electron chi connectivity index (χ1n) is 12.1. The summed E-state index contributed by atoms with van der Waals surface area (Å²) in [6.45, 7) is -0.402. The molecule has 2 aromatic heterocycles. The molecule has 3 atom stereocenters. The summed E-state index contributed by atoms with van der Waals surface area (Å²) in [5.41, 5.74) is -0.829. The molecule has 0 spiro atoms. The number of aromatic nitrogens is 1. The van der Waals surface area contributed by atoms with E-state index >= 15 is 0 Å². The minimum Gasteiger partial charge on any atom is -0.508 e. The van der Waals surface area contributed by atoms with Gasteiger partial charge >= 0.3 is 11.0 Å². The molecule has 41 heavy (non-hydrogen) atoms. The molecule has 3 amide bonds. The molecular weight excluding hydrogens is 583 g/mol. The van der Waals surface area contributed by atoms with Crippen LogP contribution in [-0.4, -0.2) is 32.6 Å². The molecule has 2 unspecified atom stereocenters. The van der Waals surface area contributed by atoms with Crippen molar-refractivity contribution < 1.29 is 37.1 Å². The number of nitrogens with zero attached hydrogens (tertiary/aromatic N) is 2. The van der Waals surface area contributed by atoms with Crippen molar-refractivity contribution in [1.29, 1.82) is 0 Å². The second kappa shape index (κ2) is 9.96. The molecule has 2 aliphatic rings. The van der Waals surface area contributed by atoms with E-state index < -0.39 is 58.0 Å². The van der Waals surface area contributed by atoms with Crippen LogP contribution in [0, 0.1) is 5.92 Å². The maximum absolute atomic E-state index is 13.7. The molecule has 6 rings (SSSR count). The lowest BCUT2D eigenvalue weighted by Gasteiger charge is -2.29. The third-order valence-electron chi connectivity index (χ3n) is 6.78. The van der Waals surface area contributed by atoms with Crippen LogP contribution in [-0.2, 0) is 27.1 Å². The third kappa shape index (κ3) is 4.72. The number of thiazole rings is 1. The van der Waals surface area contributed by atoms with Crippen molar-refractivity contribution in [3.63, 3.8) is 0 Å². The predicted octanol–water partition coefficient (Wildman–Crippen LogP) is 4.66. The van der Waals surface area contributed by atoms with Crippen LogP contribution >= 0.6 is 23.1 Å². The van der Waals surface area contributed by atoms with Gasteiger partial charge in [-0.1, -0.05) is 29.2 Å². The number of alkyl halides is 3. The highest BCUT2D eigenvalue weighted by Gasteiger charge is 2.57. The van der Waals surface area contributed by atoms with E-state index in [1.807, 2.05) is 0 Å². The minimum absolute atomic E-state index is 0.0102. The number of carbonyl (C=O) groups is 3. The van der Waals surface area contributed by atoms with Gasteiger partial charge < -0.3 is 14.8 Å². The van der Waals surface area contributed by atoms with Gasteiger partial charge in [0.25, 0.3) is 0 Å². The molecule has 4 heterocycles. The van der Waals surface area contributed by atoms with Crippen LogP contribution in [0.3, 0.4) is 0 Å². The molecule has 2 aromatic carbocycles. The van der Waals surface area contributed by atoms with Gasteiger partial charge in [0.05, 0.1) is 39.3 Å². The summed E-state index contributed by atoms with van der Waals surface area (Å²) in [5, 5.41) is 11.3. The Morgan fingerprint density at radius 1 is 1.02 bits per heavy atom. The van der Waals surface area contributed by atoms with Gasteiger partial charge in [0, 0.05) is 5.69 Å². The van der Waals surface area contributed by atoms with E-state index in [1.54, 1.807) is 12.1 Å². The number of imide groups is 1. The summed E-state index contributed by atoms with van der Waals surface area (Å²) in [7, 11) is 0. The average Bonchev–Trinajstić information content (AvgIpc) is 3.62. The first-order valence-corrected chi connectivity index (χ1v) is 13.8. The zero-order valence-electron chi connectivity index (χ0n) is 20.6. The number of hydrogen-bond acceptors (Lipinski definition) is 8. The van der Waals surface area contributed by atoms with Crippen molar-refractivity contribution in [1.82, 2.24) is 4.57 Å². The van der Waals surface area contributed by atoms with Gasteiger partial charge in [-0.05, 0) is 54.6 Å². The molecule has 4 aromatic rings. The predicted molar refractivity (Wildman–Crippen MR) is 143 cm³/mol. The number of aromatic hydroxyl groups is 1. The van der Waals surface area contributed by atoms with Gasteiger partial charge in [0.1, 0.15) is 23.3 Å². The van der Waals surface area contributed by atoms with Gasteiger partial charge in [0.2, 0.25) is 17.7 Å². The van der Waals surface area contributed by atoms with Crippen molar-refractivity contribution >= 4 is 52.2 Å². The van der Waals surface area contributed by atoms with Crippen molar-refractivity contribution in [2.24, 2.45) is 5.92 Å². The summed E-state index contributed by atoms with van der Waals surface area (Å²) in [6, 6.07) is 12.9. The number of phenolic OH excluding ortho intramolecular Hbond substituents is 1. The number of rotatable bonds is 5. The Kier molecular flexibility index (Phi) is 6.53. The molecule has 0 bridgehead atoms. The Morgan fingerprint density at radius 3 is 2.46 bits per heavy atom. The Hall–Kier alpha value is -4.30. The van der Waals surface area contributed by atoms with Crippen LogP contribution in [0.4, 0.5) is 24.5 Å². The lowest BCUT2D eigenvalue weighted by atomic mass is 9.87. The number of nitrogens with one attached hydrogen (secondary N) is 1. The second-order valence-electron chi connectivity index (χ2n) is 9.34. The lowest BCUT2D eigenvalue weighted by molar-refractivity contribution is -0.137. The van der Waals surface area contributed by atoms with Crippen molar-refractivity contribution in [3.05, 3.63) is 92.8 Å². The fourth-order valence-electron chi connectivity index (χ4n) is 4.99. The standard InChI is InChI=1S/C27H18F3N3O6S2/c28-27(29,30)13-3-1-4-15(11-13)33-23(36)20-19(17-5-2-10-39-17)22-25(40-21(20)24(33)37)32(26(38)41-22)12-18(35)31-14-6-8-16(34)9-7-14/h1-11,19-21,34H,12H2,(H,31,35)/t19-,20?,21?/m1/s1. The maximum atomic E-state index is 13.7. The van der Waals surface area contributed by atoms with Crippen LogP contribution in [0.25, 0.3) is 0 Å². The molecule has 9 nitrogen and oxygen atoms in total. The quantitative estimate of drug-likeness (QED) is 0.252. The lowest BCUT2D eigenvalue weighted by Crippen LogP contribution is -2.32. The number of amides is 3. The van der Waals surface area contributed by atoms with Gasteiger partial charge in [-0.2, -0.15) is 13.2 Å². The van der Waals surface area contributed by atoms with Crippen LogP contribution in [0.1, 0.15) is 22.1 Å². The van der Waals surface area contributed by atoms with E-state index in [4.69, 9.17) is 4.42 Å². The molecular formula is C27H18F3N3O6S2. The number of benzene rings is 2. The molecule has 0 saturated carbocycles. The first kappa shape index (κ1) is 26.9. The van der Waals surface area contributed by atoms with Crippen LogP contribution in [0.15, 0.2) is 81.2 Å². The zero-order chi connectivity index (χ0) is 29.1. The maximum Gasteiger partial charge on any atom is 0.416 e. The molecule has 14 heteroatoms. The van der Waals surface area contributed by atoms with Crippen LogP contribution in [0.5, 0.6) is 5.75 Å². The van der Waals surface area contributed by atoms with Crippen molar-refractivity contribution in [3.8, 4) is 5.75 Å². The molecule has 1 fully saturated rings. The molecule has 2 aliphatic heterocycles. The topological polar surface area (TPSA) is 122 Å². The largest absolute Gasteiger partial charge is 0.508 e. The number of anilines is 2. The summed E-state index contributed by atoms with van der Waals surface area (Å²) in [4.78, 5) is 54.0. The monoisotopic (exact) mass is 601 g/mol. The normalized spacial score (nSPS) is 20.2. The number of hydrogen-bond donors (Lipinski definition) is 2. The van der Waals surface area contributed by atoms with E-state index in [0.717, 1.165) is 46.2 Å². The van der Waals surface area contributed by atoms with E-state index in [-0.39, 0.29) is 11.4 Å². The van der Waals surface area contributed by atoms with Gasteiger partial charge in [-0.25, -0.2) is 4.90 Å². The minimum atomic E-state index is -4.68. The van der Waals surface area contributed by atoms with Gasteiger partial charge in [-0.3, -0.25) is 23.7 Å². The summed E-state index contributed by atoms with van der Waals surface area (Å²) in [5.74, 6) is -3.61. The fourth-order valence-corrected chi connectivity index (χ4v) is 7.75. The van der Waals surface area contributed by atoms with Crippen LogP contribution < -0.4 is 15.1 Å². The second-order valence-corrected chi connectivity index (χ2v) is 11.5. The van der Waals surface area contributed by atoms with E-state index in [1.165, 1.54) is 41.2 Å². The third-order valence-corrected chi connectivity index (χ3v) is 9.39. The fraction of sp³-hybridized carbons (Fsp3) is 0.185. The Balaban J connectivity index is 1.38. The molecule has 0 radical (unpaired) electrons. The molecule has 1 saturated heterocycles. The molecule has 210 valence electrons. The van der Waals surface area contributed by atoms with E-state index in [0.29, 0.717) is 21.4 Å². The van der Waals surface area contributed by atoms with Crippen molar-refractivity contribution in [2.75, 3.05) is 10.2 Å². The number of thioether (sulfide) groups is 1. The highest BCUT2D eigenvalue weighted by molar-refractivity contribution is 8.00. The Bertz CT molecular complexity index is 1730. The highest BCUT2D eigenvalue weighted by Crippen LogP contribution is 2.54. The summed E-state index contributed by atoms with van der Waals surface area (Å²) in [6.07, 6.45) is -3.30.